The van der Waals surface area contributed by atoms with E-state index in [1.165, 1.54) is 0 Å². The van der Waals surface area contributed by atoms with E-state index in [2.05, 4.69) is 0 Å². The smallest absolute Gasteiger partial charge is 0.342 e. The van der Waals surface area contributed by atoms with Gasteiger partial charge in [0.05, 0.1) is 5.56 Å². The van der Waals surface area contributed by atoms with Crippen molar-refractivity contribution in [1.29, 1.82) is 0 Å². The largest absolute Gasteiger partial charge is 0.455 e. The van der Waals surface area contributed by atoms with Crippen LogP contribution >= 0.6 is 0 Å². The Bertz CT molecular complexity index is 566. The van der Waals surface area contributed by atoms with Gasteiger partial charge in [-0.3, -0.25) is 0 Å². The Morgan fingerprint density at radius 2 is 2.15 bits per heavy atom. The maximum Gasteiger partial charge on any atom is 0.342 e. The highest BCUT2D eigenvalue weighted by atomic mass is 16.5. The van der Waals surface area contributed by atoms with Crippen molar-refractivity contribution in [2.24, 2.45) is 0 Å². The average molecular weight is 174 g/mol. The molecule has 1 aromatic carbocycles. The summed E-state index contributed by atoms with van der Waals surface area (Å²) in [6.45, 7) is 1.70. The molecule has 0 fully saturated rings. The summed E-state index contributed by atoms with van der Waals surface area (Å²) in [5, 5.41) is 0.930. The minimum absolute atomic E-state index is 0.320. The standard InChI is InChI=1S/C10H6O3/c1-5-9-8-6(12-9)3-2-4-7(8)13-10(5)11/h2-4H,1H3. The summed E-state index contributed by atoms with van der Waals surface area (Å²) < 4.78 is 10.4. The van der Waals surface area contributed by atoms with E-state index in [9.17, 15) is 4.79 Å². The van der Waals surface area contributed by atoms with Gasteiger partial charge in [-0.2, -0.15) is 0 Å². The van der Waals surface area contributed by atoms with Gasteiger partial charge in [-0.1, -0.05) is 6.07 Å². The fraction of sp³-hybridized carbons (Fsp3) is 0.100. The number of ether oxygens (including phenoxy) is 1. The fourth-order valence-electron chi connectivity index (χ4n) is 1.55. The van der Waals surface area contributed by atoms with Crippen molar-refractivity contribution in [3.8, 4) is 11.5 Å². The first-order valence-corrected chi connectivity index (χ1v) is 4.01. The third-order valence-electron chi connectivity index (χ3n) is 2.28. The zero-order valence-corrected chi connectivity index (χ0v) is 6.96. The molecule has 2 heterocycles. The molecule has 1 aliphatic rings. The van der Waals surface area contributed by atoms with Crippen LogP contribution < -0.4 is 10.4 Å². The first kappa shape index (κ1) is 6.71. The third kappa shape index (κ3) is 0.667. The lowest BCUT2D eigenvalue weighted by Gasteiger charge is -2.20. The number of hydrogen-bond acceptors (Lipinski definition) is 3. The van der Waals surface area contributed by atoms with Crippen molar-refractivity contribution >= 4 is 11.0 Å². The lowest BCUT2D eigenvalue weighted by molar-refractivity contribution is 0.438. The zero-order chi connectivity index (χ0) is 9.00. The summed E-state index contributed by atoms with van der Waals surface area (Å²) in [4.78, 5) is 11.2. The van der Waals surface area contributed by atoms with Crippen LogP contribution in [0.15, 0.2) is 27.4 Å². The Morgan fingerprint density at radius 1 is 1.31 bits per heavy atom. The highest BCUT2D eigenvalue weighted by Crippen LogP contribution is 2.45. The van der Waals surface area contributed by atoms with Crippen LogP contribution in [0.25, 0.3) is 11.0 Å². The second kappa shape index (κ2) is 1.93. The van der Waals surface area contributed by atoms with E-state index in [0.717, 1.165) is 11.1 Å². The Labute approximate surface area is 73.6 Å². The molecule has 3 heteroatoms. The van der Waals surface area contributed by atoms with Crippen molar-refractivity contribution in [3.63, 3.8) is 0 Å². The summed E-state index contributed by atoms with van der Waals surface area (Å²) in [6.07, 6.45) is 0. The molecule has 13 heavy (non-hydrogen) atoms. The van der Waals surface area contributed by atoms with Crippen LogP contribution in [-0.2, 0) is 0 Å². The summed E-state index contributed by atoms with van der Waals surface area (Å²) in [5.74, 6) is 1.46. The lowest BCUT2D eigenvalue weighted by Crippen LogP contribution is -2.10. The molecular weight excluding hydrogens is 168 g/mol. The molecule has 0 amide bonds. The van der Waals surface area contributed by atoms with Crippen LogP contribution in [0, 0.1) is 6.92 Å². The van der Waals surface area contributed by atoms with E-state index >= 15 is 0 Å². The number of hydrogen-bond donors (Lipinski definition) is 0. The maximum absolute atomic E-state index is 11.2. The Kier molecular flexibility index (Phi) is 0.999. The minimum atomic E-state index is -0.320. The van der Waals surface area contributed by atoms with Gasteiger partial charge >= 0.3 is 5.63 Å². The molecule has 0 spiro atoms. The van der Waals surface area contributed by atoms with E-state index in [0.29, 0.717) is 16.9 Å². The Balaban J connectivity index is 2.63. The molecule has 0 saturated heterocycles. The maximum atomic E-state index is 11.2. The van der Waals surface area contributed by atoms with Gasteiger partial charge in [-0.15, -0.1) is 0 Å². The zero-order valence-electron chi connectivity index (χ0n) is 6.96. The summed E-state index contributed by atoms with van der Waals surface area (Å²) in [7, 11) is 0. The third-order valence-corrected chi connectivity index (χ3v) is 2.28. The van der Waals surface area contributed by atoms with Gasteiger partial charge in [0.25, 0.3) is 0 Å². The summed E-state index contributed by atoms with van der Waals surface area (Å²) in [5.41, 5.74) is 0.833. The van der Waals surface area contributed by atoms with Gasteiger partial charge in [0.2, 0.25) is 0 Å². The predicted octanol–water partition coefficient (Wildman–Crippen LogP) is 2.21. The molecule has 64 valence electrons. The lowest BCUT2D eigenvalue weighted by atomic mass is 10.1. The van der Waals surface area contributed by atoms with Gasteiger partial charge < -0.3 is 9.15 Å². The van der Waals surface area contributed by atoms with Crippen molar-refractivity contribution in [2.45, 2.75) is 6.92 Å². The second-order valence-electron chi connectivity index (χ2n) is 3.07. The van der Waals surface area contributed by atoms with E-state index in [1.807, 2.05) is 6.07 Å². The average Bonchev–Trinajstić information content (AvgIpc) is 2.06. The van der Waals surface area contributed by atoms with Gasteiger partial charge in [0.1, 0.15) is 16.7 Å². The van der Waals surface area contributed by atoms with Crippen LogP contribution in [0.1, 0.15) is 5.56 Å². The molecule has 0 radical (unpaired) electrons. The van der Waals surface area contributed by atoms with E-state index < -0.39 is 0 Å². The molecule has 3 rings (SSSR count). The van der Waals surface area contributed by atoms with Crippen LogP contribution in [0.2, 0.25) is 0 Å². The van der Waals surface area contributed by atoms with Gasteiger partial charge in [0, 0.05) is 0 Å². The van der Waals surface area contributed by atoms with Crippen LogP contribution in [0.5, 0.6) is 11.5 Å². The minimum Gasteiger partial charge on any atom is -0.455 e. The molecular formula is C10H6O3. The molecule has 3 nitrogen and oxygen atoms in total. The molecule has 2 aromatic rings. The Hall–Kier alpha value is -1.77. The van der Waals surface area contributed by atoms with Crippen molar-refractivity contribution in [2.75, 3.05) is 0 Å². The molecule has 0 saturated carbocycles. The predicted molar refractivity (Wildman–Crippen MR) is 47.3 cm³/mol. The molecule has 0 atom stereocenters. The highest BCUT2D eigenvalue weighted by molar-refractivity contribution is 5.95. The van der Waals surface area contributed by atoms with E-state index in [1.54, 1.807) is 19.1 Å². The number of benzene rings is 1. The first-order valence-electron chi connectivity index (χ1n) is 4.01. The van der Waals surface area contributed by atoms with Crippen LogP contribution in [0.3, 0.4) is 0 Å². The fourth-order valence-corrected chi connectivity index (χ4v) is 1.55. The van der Waals surface area contributed by atoms with Crippen LogP contribution in [0.4, 0.5) is 0 Å². The molecule has 0 N–H and O–H groups in total. The Morgan fingerprint density at radius 3 is 3.00 bits per heavy atom. The van der Waals surface area contributed by atoms with E-state index in [-0.39, 0.29) is 5.63 Å². The monoisotopic (exact) mass is 174 g/mol. The van der Waals surface area contributed by atoms with Crippen molar-refractivity contribution in [1.82, 2.24) is 0 Å². The highest BCUT2D eigenvalue weighted by Gasteiger charge is 2.24. The van der Waals surface area contributed by atoms with E-state index in [4.69, 9.17) is 9.15 Å². The second-order valence-corrected chi connectivity index (χ2v) is 3.07. The SMILES string of the molecule is Cc1c2c3c(cccc3oc1=O)O2. The number of rotatable bonds is 0. The quantitative estimate of drug-likeness (QED) is 0.490. The summed E-state index contributed by atoms with van der Waals surface area (Å²) >= 11 is 0. The van der Waals surface area contributed by atoms with Crippen LogP contribution in [-0.4, -0.2) is 0 Å². The first-order chi connectivity index (χ1) is 6.27. The summed E-state index contributed by atoms with van der Waals surface area (Å²) in [6, 6.07) is 5.43. The molecule has 0 aliphatic carbocycles. The van der Waals surface area contributed by atoms with Gasteiger partial charge in [-0.05, 0) is 19.1 Å². The molecule has 1 aliphatic heterocycles. The van der Waals surface area contributed by atoms with Crippen molar-refractivity contribution < 1.29 is 9.15 Å². The van der Waals surface area contributed by atoms with Gasteiger partial charge in [0.15, 0.2) is 5.75 Å². The topological polar surface area (TPSA) is 39.4 Å². The molecule has 1 aromatic heterocycles. The molecule has 0 unspecified atom stereocenters. The molecule has 0 bridgehead atoms. The van der Waals surface area contributed by atoms with Gasteiger partial charge in [-0.25, -0.2) is 4.79 Å². The van der Waals surface area contributed by atoms with Crippen molar-refractivity contribution in [3.05, 3.63) is 34.2 Å². The normalized spacial score (nSPS) is 12.4.